The lowest BCUT2D eigenvalue weighted by Gasteiger charge is -2.17. The number of hydrogen-bond acceptors (Lipinski definition) is 6. The molecule has 0 radical (unpaired) electrons. The topological polar surface area (TPSA) is 88.1 Å². The first-order chi connectivity index (χ1) is 11.0. The number of rotatable bonds is 7. The van der Waals surface area contributed by atoms with E-state index in [1.807, 2.05) is 0 Å². The van der Waals surface area contributed by atoms with E-state index in [0.29, 0.717) is 16.3 Å². The van der Waals surface area contributed by atoms with Gasteiger partial charge in [-0.15, -0.1) is 0 Å². The zero-order valence-electron chi connectivity index (χ0n) is 12.7. The third-order valence-corrected chi connectivity index (χ3v) is 3.63. The summed E-state index contributed by atoms with van der Waals surface area (Å²) in [4.78, 5) is 24.8. The van der Waals surface area contributed by atoms with E-state index in [4.69, 9.17) is 26.2 Å². The Bertz CT molecular complexity index is 643. The maximum absolute atomic E-state index is 12.1. The Balaban J connectivity index is 2.21. The lowest BCUT2D eigenvalue weighted by atomic mass is 10.2. The van der Waals surface area contributed by atoms with E-state index in [-0.39, 0.29) is 18.8 Å². The van der Waals surface area contributed by atoms with E-state index in [0.717, 1.165) is 4.90 Å². The summed E-state index contributed by atoms with van der Waals surface area (Å²) in [5.41, 5.74) is 1.27. The molecule has 124 valence electrons. The molecule has 0 spiro atoms. The lowest BCUT2D eigenvalue weighted by Crippen LogP contribution is -2.34. The summed E-state index contributed by atoms with van der Waals surface area (Å²) in [5, 5.41) is 12.2. The molecule has 0 bridgehead atoms. The van der Waals surface area contributed by atoms with Crippen molar-refractivity contribution in [1.82, 2.24) is 4.90 Å². The molecule has 0 saturated carbocycles. The first-order valence-electron chi connectivity index (χ1n) is 6.82. The summed E-state index contributed by atoms with van der Waals surface area (Å²) in [6.45, 7) is -0.326. The van der Waals surface area contributed by atoms with E-state index in [9.17, 15) is 9.59 Å². The highest BCUT2D eigenvalue weighted by Crippen LogP contribution is 2.29. The first kappa shape index (κ1) is 17.4. The van der Waals surface area contributed by atoms with Crippen molar-refractivity contribution in [2.24, 2.45) is 0 Å². The molecule has 0 unspecified atom stereocenters. The van der Waals surface area contributed by atoms with Gasteiger partial charge in [-0.3, -0.25) is 14.5 Å². The molecule has 1 heterocycles. The van der Waals surface area contributed by atoms with Gasteiger partial charge in [0.25, 0.3) is 11.8 Å². The van der Waals surface area contributed by atoms with Crippen LogP contribution >= 0.6 is 11.6 Å². The molecule has 1 aliphatic heterocycles. The normalized spacial score (nSPS) is 14.7. The fourth-order valence-corrected chi connectivity index (χ4v) is 2.42. The third kappa shape index (κ3) is 3.70. The number of aliphatic hydroxyl groups is 1. The third-order valence-electron chi connectivity index (χ3n) is 3.29. The van der Waals surface area contributed by atoms with Gasteiger partial charge in [-0.25, -0.2) is 0 Å². The fraction of sp³-hybridized carbons (Fsp3) is 0.333. The number of imide groups is 1. The Morgan fingerprint density at radius 1 is 1.30 bits per heavy atom. The van der Waals surface area contributed by atoms with Gasteiger partial charge in [-0.2, -0.15) is 0 Å². The number of hydrogen-bond donors (Lipinski definition) is 2. The van der Waals surface area contributed by atoms with E-state index >= 15 is 0 Å². The highest BCUT2D eigenvalue weighted by atomic mass is 35.5. The van der Waals surface area contributed by atoms with Crippen LogP contribution in [0.25, 0.3) is 0 Å². The Hall–Kier alpha value is -1.93. The van der Waals surface area contributed by atoms with Gasteiger partial charge < -0.3 is 19.9 Å². The molecule has 0 atom stereocenters. The molecular weight excluding hydrogens is 324 g/mol. The quantitative estimate of drug-likeness (QED) is 0.574. The number of aliphatic hydroxyl groups excluding tert-OH is 1. The van der Waals surface area contributed by atoms with E-state index in [1.54, 1.807) is 18.2 Å². The molecule has 1 aromatic carbocycles. The average Bonchev–Trinajstić information content (AvgIpc) is 2.79. The highest BCUT2D eigenvalue weighted by Gasteiger charge is 2.30. The summed E-state index contributed by atoms with van der Waals surface area (Å²) >= 11 is 6.12. The van der Waals surface area contributed by atoms with Gasteiger partial charge in [-0.1, -0.05) is 11.6 Å². The van der Waals surface area contributed by atoms with Crippen LogP contribution in [0.5, 0.6) is 0 Å². The van der Waals surface area contributed by atoms with Crippen LogP contribution < -0.4 is 5.32 Å². The van der Waals surface area contributed by atoms with Crippen LogP contribution in [0, 0.1) is 0 Å². The molecule has 1 aromatic rings. The van der Waals surface area contributed by atoms with Crippen LogP contribution in [0.15, 0.2) is 30.0 Å². The number of β-amino-alcohol motifs (C(OH)–C–C–N with tert-alkyl or cyclic N) is 1. The molecule has 2 N–H and O–H groups in total. The Labute approximate surface area is 138 Å². The average molecular weight is 341 g/mol. The number of carbonyl (C=O) groups excluding carboxylic acids is 2. The summed E-state index contributed by atoms with van der Waals surface area (Å²) in [6.07, 6.45) is 0.543. The summed E-state index contributed by atoms with van der Waals surface area (Å²) in [7, 11) is 2.97. The maximum Gasteiger partial charge on any atom is 0.277 e. The number of carbonyl (C=O) groups is 2. The summed E-state index contributed by atoms with van der Waals surface area (Å²) < 4.78 is 10.3. The molecule has 8 heteroatoms. The predicted octanol–water partition coefficient (Wildman–Crippen LogP) is 1.29. The van der Waals surface area contributed by atoms with Crippen molar-refractivity contribution >= 4 is 29.1 Å². The molecule has 0 fully saturated rings. The van der Waals surface area contributed by atoms with Gasteiger partial charge in [0, 0.05) is 36.6 Å². The van der Waals surface area contributed by atoms with Gasteiger partial charge in [-0.05, 0) is 18.2 Å². The minimum atomic E-state index is -0.648. The number of anilines is 1. The van der Waals surface area contributed by atoms with Crippen LogP contribution in [0.4, 0.5) is 5.69 Å². The van der Waals surface area contributed by atoms with E-state index in [1.165, 1.54) is 20.3 Å². The number of ether oxygens (including phenoxy) is 2. The van der Waals surface area contributed by atoms with Gasteiger partial charge in [0.15, 0.2) is 6.29 Å². The van der Waals surface area contributed by atoms with E-state index < -0.39 is 18.1 Å². The summed E-state index contributed by atoms with van der Waals surface area (Å²) in [5.74, 6) is -0.956. The van der Waals surface area contributed by atoms with Gasteiger partial charge in [0.2, 0.25) is 0 Å². The lowest BCUT2D eigenvalue weighted by molar-refractivity contribution is -0.137. The van der Waals surface area contributed by atoms with Crippen molar-refractivity contribution in [2.75, 3.05) is 32.7 Å². The van der Waals surface area contributed by atoms with Crippen LogP contribution in [0.3, 0.4) is 0 Å². The molecule has 23 heavy (non-hydrogen) atoms. The minimum Gasteiger partial charge on any atom is -0.395 e. The maximum atomic E-state index is 12.1. The van der Waals surface area contributed by atoms with Gasteiger partial charge in [0.05, 0.1) is 13.2 Å². The van der Waals surface area contributed by atoms with Crippen molar-refractivity contribution in [3.05, 3.63) is 40.6 Å². The molecule has 1 aliphatic rings. The van der Waals surface area contributed by atoms with Crippen molar-refractivity contribution < 1.29 is 24.2 Å². The van der Waals surface area contributed by atoms with Crippen LogP contribution in [0.1, 0.15) is 11.9 Å². The van der Waals surface area contributed by atoms with E-state index in [2.05, 4.69) is 5.32 Å². The molecule has 2 rings (SSSR count). The van der Waals surface area contributed by atoms with Crippen molar-refractivity contribution in [2.45, 2.75) is 6.29 Å². The fourth-order valence-electron chi connectivity index (χ4n) is 2.22. The number of amides is 2. The number of nitrogens with one attached hydrogen (secondary N) is 1. The summed E-state index contributed by atoms with van der Waals surface area (Å²) in [6, 6.07) is 4.98. The second kappa shape index (κ2) is 7.56. The zero-order valence-corrected chi connectivity index (χ0v) is 13.5. The smallest absolute Gasteiger partial charge is 0.277 e. The van der Waals surface area contributed by atoms with Crippen molar-refractivity contribution in [3.63, 3.8) is 0 Å². The van der Waals surface area contributed by atoms with Crippen molar-refractivity contribution in [1.29, 1.82) is 0 Å². The Morgan fingerprint density at radius 2 is 2.00 bits per heavy atom. The number of halogens is 1. The molecule has 2 amide bonds. The predicted molar refractivity (Wildman–Crippen MR) is 83.7 cm³/mol. The van der Waals surface area contributed by atoms with Gasteiger partial charge >= 0.3 is 0 Å². The zero-order chi connectivity index (χ0) is 17.0. The Morgan fingerprint density at radius 3 is 2.61 bits per heavy atom. The second-order valence-electron chi connectivity index (χ2n) is 4.74. The second-order valence-corrected chi connectivity index (χ2v) is 5.15. The van der Waals surface area contributed by atoms with Crippen LogP contribution in [-0.2, 0) is 19.1 Å². The number of benzene rings is 1. The molecule has 0 aromatic heterocycles. The monoisotopic (exact) mass is 340 g/mol. The molecule has 0 aliphatic carbocycles. The largest absolute Gasteiger partial charge is 0.395 e. The Kier molecular flexibility index (Phi) is 5.73. The molecule has 0 saturated heterocycles. The number of nitrogens with zero attached hydrogens (tertiary/aromatic N) is 1. The van der Waals surface area contributed by atoms with Crippen molar-refractivity contribution in [3.8, 4) is 0 Å². The van der Waals surface area contributed by atoms with Crippen LogP contribution in [0.2, 0.25) is 5.02 Å². The van der Waals surface area contributed by atoms with Gasteiger partial charge in [0.1, 0.15) is 5.70 Å². The standard InChI is InChI=1S/C15H17ClN2O5/c1-22-15(23-2)10-7-9(3-4-11(10)16)17-12-8-13(20)18(5-6-19)14(12)21/h3-4,7-8,15,17,19H,5-6H2,1-2H3. The number of methoxy groups -OCH3 is 2. The molecule has 7 nitrogen and oxygen atoms in total. The highest BCUT2D eigenvalue weighted by molar-refractivity contribution is 6.31. The minimum absolute atomic E-state index is 0.0410. The first-order valence-corrected chi connectivity index (χ1v) is 7.20. The van der Waals surface area contributed by atoms with Crippen LogP contribution in [-0.4, -0.2) is 49.2 Å². The molecular formula is C15H17ClN2O5. The SMILES string of the molecule is COC(OC)c1cc(NC2=CC(=O)N(CCO)C2=O)ccc1Cl.